The van der Waals surface area contributed by atoms with Gasteiger partial charge in [-0.15, -0.1) is 0 Å². The first-order valence-electron chi connectivity index (χ1n) is 5.20. The van der Waals surface area contributed by atoms with Crippen LogP contribution in [-0.2, 0) is 17.1 Å². The summed E-state index contributed by atoms with van der Waals surface area (Å²) in [6, 6.07) is 0. The predicted molar refractivity (Wildman–Crippen MR) is 48.7 cm³/mol. The molecule has 0 saturated heterocycles. The van der Waals surface area contributed by atoms with Crippen LogP contribution < -0.4 is 0 Å². The molecule has 2 atom stereocenters. The van der Waals surface area contributed by atoms with Gasteiger partial charge in [-0.3, -0.25) is 0 Å². The minimum atomic E-state index is -0.180. The maximum absolute atomic E-state index is 2.47. The summed E-state index contributed by atoms with van der Waals surface area (Å²) >= 11 is -0.180. The average molecular weight is 208 g/mol. The second kappa shape index (κ2) is 7.28. The summed E-state index contributed by atoms with van der Waals surface area (Å²) in [5.41, 5.74) is 0. The zero-order valence-electron chi connectivity index (χ0n) is 8.69. The van der Waals surface area contributed by atoms with E-state index in [-0.39, 0.29) is 17.1 Å². The van der Waals surface area contributed by atoms with E-state index in [2.05, 4.69) is 27.7 Å². The molecule has 0 aliphatic rings. The average Bonchev–Trinajstić information content (AvgIpc) is 1.87. The normalized spacial score (nSPS) is 15.6. The molecule has 0 bridgehead atoms. The van der Waals surface area contributed by atoms with Gasteiger partial charge in [-0.2, -0.15) is 0 Å². The summed E-state index contributed by atoms with van der Waals surface area (Å²) < 4.78 is 2.27. The first kappa shape index (κ1) is 11.6. The monoisotopic (exact) mass is 206 g/mol. The van der Waals surface area contributed by atoms with Crippen LogP contribution in [0.4, 0.5) is 0 Å². The fraction of sp³-hybridized carbons (Fsp3) is 1.00. The van der Waals surface area contributed by atoms with E-state index in [0.29, 0.717) is 0 Å². The number of hydrogen-bond donors (Lipinski definition) is 0. The van der Waals surface area contributed by atoms with E-state index < -0.39 is 0 Å². The molecule has 0 aromatic heterocycles. The van der Waals surface area contributed by atoms with Crippen molar-refractivity contribution in [1.82, 2.24) is 0 Å². The Balaban J connectivity index is 3.32. The molecule has 0 spiro atoms. The van der Waals surface area contributed by atoms with Crippen LogP contribution in [-0.4, -0.2) is 0 Å². The van der Waals surface area contributed by atoms with Crippen LogP contribution in [0.1, 0.15) is 53.4 Å². The van der Waals surface area contributed by atoms with Crippen molar-refractivity contribution in [3.05, 3.63) is 0 Å². The molecule has 11 heavy (non-hydrogen) atoms. The van der Waals surface area contributed by atoms with E-state index in [9.17, 15) is 0 Å². The van der Waals surface area contributed by atoms with E-state index in [0.717, 1.165) is 9.02 Å². The molecule has 0 aromatic rings. The van der Waals surface area contributed by atoms with E-state index in [1.54, 1.807) is 0 Å². The quantitative estimate of drug-likeness (QED) is 0.570. The minimum absolute atomic E-state index is 0.180. The van der Waals surface area contributed by atoms with Crippen molar-refractivity contribution in [3.63, 3.8) is 0 Å². The van der Waals surface area contributed by atoms with Gasteiger partial charge in [-0.05, 0) is 0 Å². The molecule has 2 unspecified atom stereocenters. The maximum atomic E-state index is 2.47. The molecule has 0 fully saturated rings. The predicted octanol–water partition coefficient (Wildman–Crippen LogP) is 4.29. The summed E-state index contributed by atoms with van der Waals surface area (Å²) in [6.07, 6.45) is 5.78. The molecule has 0 nitrogen and oxygen atoms in total. The molecule has 0 heterocycles. The van der Waals surface area contributed by atoms with E-state index in [4.69, 9.17) is 0 Å². The molecule has 0 saturated carbocycles. The molecule has 0 amide bonds. The van der Waals surface area contributed by atoms with Crippen molar-refractivity contribution in [2.24, 2.45) is 0 Å². The Bertz CT molecular complexity index is 70.9. The van der Waals surface area contributed by atoms with Gasteiger partial charge in [0.2, 0.25) is 0 Å². The Morgan fingerprint density at radius 3 is 1.55 bits per heavy atom. The van der Waals surface area contributed by atoms with Crippen LogP contribution in [0.25, 0.3) is 0 Å². The van der Waals surface area contributed by atoms with E-state index in [1.165, 1.54) is 25.7 Å². The molecule has 0 aliphatic heterocycles. The van der Waals surface area contributed by atoms with Gasteiger partial charge in [0.25, 0.3) is 0 Å². The van der Waals surface area contributed by atoms with Crippen LogP contribution in [0.2, 0.25) is 9.02 Å². The van der Waals surface area contributed by atoms with Crippen LogP contribution >= 0.6 is 0 Å². The third-order valence-corrected chi connectivity index (χ3v) is 7.46. The van der Waals surface area contributed by atoms with Gasteiger partial charge >= 0.3 is 79.5 Å². The van der Waals surface area contributed by atoms with Crippen molar-refractivity contribution in [2.75, 3.05) is 0 Å². The summed E-state index contributed by atoms with van der Waals surface area (Å²) in [5.74, 6) is 0. The van der Waals surface area contributed by atoms with Crippen LogP contribution in [0.15, 0.2) is 0 Å². The molecule has 0 aromatic carbocycles. The number of rotatable bonds is 6. The third kappa shape index (κ3) is 7.00. The van der Waals surface area contributed by atoms with Gasteiger partial charge in [-0.25, -0.2) is 0 Å². The van der Waals surface area contributed by atoms with Crippen molar-refractivity contribution in [2.45, 2.75) is 62.4 Å². The summed E-state index contributed by atoms with van der Waals surface area (Å²) in [4.78, 5) is 0. The van der Waals surface area contributed by atoms with Crippen molar-refractivity contribution >= 4 is 0 Å². The van der Waals surface area contributed by atoms with Gasteiger partial charge in [0.15, 0.2) is 0 Å². The third-order valence-electron chi connectivity index (χ3n) is 2.37. The standard InChI is InChI=1S/2C5H11.Zn/c2*1-3-5-4-2;/h2*3H,4-5H2,1-2H3;. The summed E-state index contributed by atoms with van der Waals surface area (Å²) in [5, 5.41) is 0. The fourth-order valence-electron chi connectivity index (χ4n) is 1.91. The van der Waals surface area contributed by atoms with Crippen molar-refractivity contribution in [1.29, 1.82) is 0 Å². The van der Waals surface area contributed by atoms with Crippen molar-refractivity contribution in [3.8, 4) is 0 Å². The molecule has 0 aliphatic carbocycles. The first-order chi connectivity index (χ1) is 5.20. The Morgan fingerprint density at radius 1 is 0.909 bits per heavy atom. The fourth-order valence-corrected chi connectivity index (χ4v) is 7.49. The van der Waals surface area contributed by atoms with Crippen LogP contribution in [0.3, 0.4) is 0 Å². The van der Waals surface area contributed by atoms with Crippen LogP contribution in [0.5, 0.6) is 0 Å². The van der Waals surface area contributed by atoms with Gasteiger partial charge in [0.05, 0.1) is 0 Å². The van der Waals surface area contributed by atoms with Crippen LogP contribution in [0, 0.1) is 0 Å². The molecular weight excluding hydrogens is 185 g/mol. The van der Waals surface area contributed by atoms with Crippen molar-refractivity contribution < 1.29 is 17.1 Å². The molecule has 1 heteroatoms. The SMILES string of the molecule is CCC[CH](C)[Zn][CH](C)CCC. The topological polar surface area (TPSA) is 0 Å². The molecular formula is C10H22Zn. The first-order valence-corrected chi connectivity index (χ1v) is 8.63. The zero-order chi connectivity index (χ0) is 8.69. The Hall–Kier alpha value is 0.623. The van der Waals surface area contributed by atoms with E-state index >= 15 is 0 Å². The van der Waals surface area contributed by atoms with Gasteiger partial charge in [0.1, 0.15) is 0 Å². The van der Waals surface area contributed by atoms with Gasteiger partial charge in [0, 0.05) is 0 Å². The molecule has 0 rings (SSSR count). The second-order valence-electron chi connectivity index (χ2n) is 4.02. The number of hydrogen-bond acceptors (Lipinski definition) is 0. The Kier molecular flexibility index (Phi) is 7.69. The van der Waals surface area contributed by atoms with Gasteiger partial charge < -0.3 is 0 Å². The Morgan fingerprint density at radius 2 is 1.27 bits per heavy atom. The second-order valence-corrected chi connectivity index (χ2v) is 10.9. The molecule has 64 valence electrons. The summed E-state index contributed by atoms with van der Waals surface area (Å²) in [7, 11) is 0. The Labute approximate surface area is 79.7 Å². The van der Waals surface area contributed by atoms with E-state index in [1.807, 2.05) is 0 Å². The summed E-state index contributed by atoms with van der Waals surface area (Å²) in [6.45, 7) is 9.55. The zero-order valence-corrected chi connectivity index (χ0v) is 11.7. The molecule has 0 N–H and O–H groups in total. The molecule has 0 radical (unpaired) electrons. The van der Waals surface area contributed by atoms with Gasteiger partial charge in [-0.1, -0.05) is 0 Å².